The summed E-state index contributed by atoms with van der Waals surface area (Å²) >= 11 is 0. The molecule has 23 heavy (non-hydrogen) atoms. The van der Waals surface area contributed by atoms with E-state index >= 15 is 0 Å². The lowest BCUT2D eigenvalue weighted by molar-refractivity contribution is -0.134. The highest BCUT2D eigenvalue weighted by Crippen LogP contribution is 2.17. The van der Waals surface area contributed by atoms with Crippen molar-refractivity contribution in [2.75, 3.05) is 12.5 Å². The molecule has 1 aromatic rings. The Hall–Kier alpha value is -0.960. The number of carbonyl (C=O) groups excluding carboxylic acids is 1. The Kier molecular flexibility index (Phi) is 10.9. The Morgan fingerprint density at radius 3 is 1.91 bits per heavy atom. The second-order valence-electron chi connectivity index (χ2n) is 6.34. The monoisotopic (exact) mass is 337 g/mol. The van der Waals surface area contributed by atoms with Gasteiger partial charge in [0.1, 0.15) is 18.3 Å². The average molecular weight is 338 g/mol. The van der Waals surface area contributed by atoms with Crippen LogP contribution >= 0.6 is 0 Å². The Morgan fingerprint density at radius 2 is 1.39 bits per heavy atom. The highest BCUT2D eigenvalue weighted by molar-refractivity contribution is 7.95. The summed E-state index contributed by atoms with van der Waals surface area (Å²) in [5, 5.41) is 0. The minimum atomic E-state index is -0.104. The third-order valence-electron chi connectivity index (χ3n) is 4.01. The smallest absolute Gasteiger partial charge is 0.311 e. The van der Waals surface area contributed by atoms with Crippen molar-refractivity contribution < 1.29 is 9.53 Å². The number of carbonyl (C=O) groups is 1. The number of hydrogen-bond acceptors (Lipinski definition) is 2. The molecule has 3 heteroatoms. The summed E-state index contributed by atoms with van der Waals surface area (Å²) in [5.41, 5.74) is 0. The Bertz CT molecular complexity index is 426. The normalized spacial score (nSPS) is 11.0. The molecule has 0 fully saturated rings. The molecule has 0 saturated carbocycles. The average Bonchev–Trinajstić information content (AvgIpc) is 2.54. The summed E-state index contributed by atoms with van der Waals surface area (Å²) in [6, 6.07) is 7.89. The topological polar surface area (TPSA) is 26.3 Å². The van der Waals surface area contributed by atoms with Gasteiger partial charge < -0.3 is 4.74 Å². The van der Waals surface area contributed by atoms with Crippen molar-refractivity contribution in [3.63, 3.8) is 0 Å². The van der Waals surface area contributed by atoms with Gasteiger partial charge in [-0.25, -0.2) is 0 Å². The molecule has 0 bridgehead atoms. The third kappa shape index (κ3) is 9.70. The van der Waals surface area contributed by atoms with Crippen molar-refractivity contribution in [1.29, 1.82) is 0 Å². The van der Waals surface area contributed by atoms with Gasteiger partial charge in [0.2, 0.25) is 0 Å². The van der Waals surface area contributed by atoms with Gasteiger partial charge in [0, 0.05) is 17.3 Å². The summed E-state index contributed by atoms with van der Waals surface area (Å²) < 4.78 is 5.39. The number of esters is 1. The van der Waals surface area contributed by atoms with E-state index in [2.05, 4.69) is 19.4 Å². The van der Waals surface area contributed by atoms with E-state index in [0.29, 0.717) is 12.2 Å². The molecule has 0 aliphatic carbocycles. The highest BCUT2D eigenvalue weighted by Gasteiger charge is 2.09. The van der Waals surface area contributed by atoms with Crippen molar-refractivity contribution in [3.8, 4) is 5.75 Å². The van der Waals surface area contributed by atoms with Crippen LogP contribution in [0.5, 0.6) is 5.75 Å². The fraction of sp³-hybridized carbons (Fsp3) is 0.650. The van der Waals surface area contributed by atoms with Gasteiger partial charge in [-0.2, -0.15) is 0 Å². The van der Waals surface area contributed by atoms with E-state index in [4.69, 9.17) is 4.74 Å². The number of benzene rings is 1. The summed E-state index contributed by atoms with van der Waals surface area (Å²) in [6.45, 7) is 2.25. The maximum Gasteiger partial charge on any atom is 0.311 e. The zero-order chi connectivity index (χ0) is 16.9. The predicted molar refractivity (Wildman–Crippen MR) is 101 cm³/mol. The quantitative estimate of drug-likeness (QED) is 0.210. The van der Waals surface area contributed by atoms with Crippen molar-refractivity contribution in [2.45, 2.75) is 76.0 Å². The van der Waals surface area contributed by atoms with E-state index in [9.17, 15) is 4.79 Å². The maximum atomic E-state index is 11.8. The fourth-order valence-electron chi connectivity index (χ4n) is 2.54. The molecule has 0 unspecified atom stereocenters. The molecule has 130 valence electrons. The number of rotatable bonds is 12. The fourth-order valence-corrected chi connectivity index (χ4v) is 3.22. The molecular weight excluding hydrogens is 304 g/mol. The van der Waals surface area contributed by atoms with Crippen molar-refractivity contribution >= 4 is 16.9 Å². The summed E-state index contributed by atoms with van der Waals surface area (Å²) in [5.74, 6) is 0.563. The van der Waals surface area contributed by atoms with E-state index in [1.807, 2.05) is 24.3 Å². The minimum Gasteiger partial charge on any atom is -0.427 e. The van der Waals surface area contributed by atoms with Crippen LogP contribution in [0.2, 0.25) is 0 Å². The van der Waals surface area contributed by atoms with Gasteiger partial charge in [0.25, 0.3) is 0 Å². The van der Waals surface area contributed by atoms with Gasteiger partial charge in [-0.05, 0) is 30.7 Å². The zero-order valence-electron chi connectivity index (χ0n) is 15.1. The van der Waals surface area contributed by atoms with Gasteiger partial charge in [-0.15, -0.1) is 0 Å². The van der Waals surface area contributed by atoms with Crippen molar-refractivity contribution in [1.82, 2.24) is 0 Å². The molecule has 0 atom stereocenters. The van der Waals surface area contributed by atoms with E-state index in [0.717, 1.165) is 12.8 Å². The lowest BCUT2D eigenvalue weighted by Crippen LogP contribution is -2.07. The maximum absolute atomic E-state index is 11.8. The van der Waals surface area contributed by atoms with E-state index < -0.39 is 0 Å². The predicted octanol–water partition coefficient (Wildman–Crippen LogP) is 5.75. The zero-order valence-corrected chi connectivity index (χ0v) is 15.9. The van der Waals surface area contributed by atoms with Crippen LogP contribution in [-0.2, 0) is 15.7 Å². The van der Waals surface area contributed by atoms with Crippen molar-refractivity contribution in [2.24, 2.45) is 0 Å². The molecule has 0 radical (unpaired) electrons. The molecular formula is C20H33O2S+. The number of ether oxygens (including phenoxy) is 1. The molecule has 0 aromatic heterocycles. The second kappa shape index (κ2) is 12.5. The van der Waals surface area contributed by atoms with Gasteiger partial charge in [-0.3, -0.25) is 4.79 Å². The van der Waals surface area contributed by atoms with Gasteiger partial charge >= 0.3 is 5.97 Å². The minimum absolute atomic E-state index is 0.104. The van der Waals surface area contributed by atoms with Crippen LogP contribution < -0.4 is 4.74 Å². The molecule has 2 nitrogen and oxygen atoms in total. The second-order valence-corrected chi connectivity index (χ2v) is 8.44. The van der Waals surface area contributed by atoms with Crippen molar-refractivity contribution in [3.05, 3.63) is 24.3 Å². The van der Waals surface area contributed by atoms with Gasteiger partial charge in [0.05, 0.1) is 0 Å². The van der Waals surface area contributed by atoms with E-state index in [1.54, 1.807) is 0 Å². The molecule has 0 saturated heterocycles. The first kappa shape index (κ1) is 20.1. The lowest BCUT2D eigenvalue weighted by atomic mass is 10.1. The molecule has 0 aliphatic rings. The molecule has 0 aliphatic heterocycles. The Balaban J connectivity index is 2.06. The number of hydrogen-bond donors (Lipinski definition) is 0. The SMILES string of the molecule is CCCCCCCCCCCC(=O)Oc1ccc([S+](C)C)cc1. The largest absolute Gasteiger partial charge is 0.427 e. The molecule has 0 heterocycles. The first-order valence-electron chi connectivity index (χ1n) is 9.02. The molecule has 1 aromatic carbocycles. The van der Waals surface area contributed by atoms with Crippen LogP contribution in [0, 0.1) is 0 Å². The standard InChI is InChI=1S/C20H33O2S/c1-4-5-6-7-8-9-10-11-12-13-20(21)22-18-14-16-19(17-15-18)23(2)3/h14-17H,4-13H2,1-3H3/q+1. The Labute approximate surface area is 145 Å². The summed E-state index contributed by atoms with van der Waals surface area (Å²) in [7, 11) is 0.248. The highest BCUT2D eigenvalue weighted by atomic mass is 32.2. The Morgan fingerprint density at radius 1 is 0.870 bits per heavy atom. The number of unbranched alkanes of at least 4 members (excludes halogenated alkanes) is 8. The van der Waals surface area contributed by atoms with Crippen LogP contribution in [0.3, 0.4) is 0 Å². The van der Waals surface area contributed by atoms with Crippen LogP contribution in [-0.4, -0.2) is 18.5 Å². The van der Waals surface area contributed by atoms with Crippen LogP contribution in [0.4, 0.5) is 0 Å². The van der Waals surface area contributed by atoms with E-state index in [-0.39, 0.29) is 16.9 Å². The van der Waals surface area contributed by atoms with E-state index in [1.165, 1.54) is 49.8 Å². The molecule has 0 amide bonds. The molecule has 0 spiro atoms. The third-order valence-corrected chi connectivity index (χ3v) is 5.23. The summed E-state index contributed by atoms with van der Waals surface area (Å²) in [6.07, 6.45) is 16.3. The molecule has 0 N–H and O–H groups in total. The van der Waals surface area contributed by atoms with Gasteiger partial charge in [0.15, 0.2) is 4.90 Å². The van der Waals surface area contributed by atoms with Crippen LogP contribution in [0.25, 0.3) is 0 Å². The lowest BCUT2D eigenvalue weighted by Gasteiger charge is -2.05. The first-order chi connectivity index (χ1) is 11.1. The summed E-state index contributed by atoms with van der Waals surface area (Å²) in [4.78, 5) is 13.1. The van der Waals surface area contributed by atoms with Crippen LogP contribution in [0.15, 0.2) is 29.2 Å². The van der Waals surface area contributed by atoms with Crippen LogP contribution in [0.1, 0.15) is 71.1 Å². The van der Waals surface area contributed by atoms with Gasteiger partial charge in [-0.1, -0.05) is 58.3 Å². The first-order valence-corrected chi connectivity index (χ1v) is 11.1. The molecule has 1 rings (SSSR count).